The highest BCUT2D eigenvalue weighted by Gasteiger charge is 2.18. The van der Waals surface area contributed by atoms with Gasteiger partial charge < -0.3 is 5.73 Å². The number of fused-ring (bicyclic) bond motifs is 7. The van der Waals surface area contributed by atoms with Gasteiger partial charge in [-0.3, -0.25) is 5.41 Å². The molecule has 0 bridgehead atoms. The summed E-state index contributed by atoms with van der Waals surface area (Å²) < 4.78 is 0. The van der Waals surface area contributed by atoms with Crippen molar-refractivity contribution in [3.05, 3.63) is 170 Å². The third-order valence-electron chi connectivity index (χ3n) is 9.18. The molecular formula is C45H33N5. The molecular weight excluding hydrogens is 611 g/mol. The molecule has 0 saturated heterocycles. The summed E-state index contributed by atoms with van der Waals surface area (Å²) in [6.07, 6.45) is 6.70. The molecule has 0 fully saturated rings. The second kappa shape index (κ2) is 12.7. The molecule has 8 aromatic rings. The Labute approximate surface area is 290 Å². The van der Waals surface area contributed by atoms with Gasteiger partial charge in [-0.05, 0) is 96.6 Å². The fourth-order valence-electron chi connectivity index (χ4n) is 6.89. The molecule has 5 nitrogen and oxygen atoms in total. The average Bonchev–Trinajstić information content (AvgIpc) is 3.17. The number of nitrogens with one attached hydrogen (secondary N) is 1. The quantitative estimate of drug-likeness (QED) is 0.103. The van der Waals surface area contributed by atoms with E-state index >= 15 is 0 Å². The van der Waals surface area contributed by atoms with Crippen LogP contribution in [0.3, 0.4) is 0 Å². The SMILES string of the molecule is C=C/C=C(\N)c1nc(C(=N)/C=C\C)nc(-c2ccc(-c3ccc4c5ccccc5c5ccccc5c4c3)c(-c3cccc4ccccc34)c2)n1. The zero-order chi connectivity index (χ0) is 34.2. The molecule has 50 heavy (non-hydrogen) atoms. The molecule has 0 aliphatic heterocycles. The average molecular weight is 644 g/mol. The van der Waals surface area contributed by atoms with Crippen LogP contribution < -0.4 is 5.73 Å². The van der Waals surface area contributed by atoms with Crippen molar-refractivity contribution in [2.24, 2.45) is 5.73 Å². The molecule has 3 N–H and O–H groups in total. The Balaban J connectivity index is 1.40. The molecule has 0 amide bonds. The molecule has 0 aliphatic carbocycles. The first-order valence-electron chi connectivity index (χ1n) is 16.6. The van der Waals surface area contributed by atoms with Gasteiger partial charge in [0.05, 0.1) is 11.4 Å². The highest BCUT2D eigenvalue weighted by molar-refractivity contribution is 6.25. The third-order valence-corrected chi connectivity index (χ3v) is 9.18. The monoisotopic (exact) mass is 643 g/mol. The number of allylic oxidation sites excluding steroid dienone is 4. The van der Waals surface area contributed by atoms with Crippen molar-refractivity contribution in [2.45, 2.75) is 6.92 Å². The van der Waals surface area contributed by atoms with E-state index in [2.05, 4.69) is 133 Å². The number of hydrogen-bond acceptors (Lipinski definition) is 5. The summed E-state index contributed by atoms with van der Waals surface area (Å²) in [5.41, 5.74) is 12.0. The summed E-state index contributed by atoms with van der Waals surface area (Å²) in [6.45, 7) is 5.63. The van der Waals surface area contributed by atoms with Crippen molar-refractivity contribution < 1.29 is 0 Å². The van der Waals surface area contributed by atoms with Crippen LogP contribution in [0.1, 0.15) is 18.6 Å². The summed E-state index contributed by atoms with van der Waals surface area (Å²) in [5, 5.41) is 18.3. The van der Waals surface area contributed by atoms with E-state index < -0.39 is 0 Å². The van der Waals surface area contributed by atoms with Crippen LogP contribution >= 0.6 is 0 Å². The number of hydrogen-bond donors (Lipinski definition) is 2. The molecule has 0 radical (unpaired) electrons. The predicted octanol–water partition coefficient (Wildman–Crippen LogP) is 10.9. The maximum atomic E-state index is 8.60. The fraction of sp³-hybridized carbons (Fsp3) is 0.0222. The first-order chi connectivity index (χ1) is 24.5. The minimum atomic E-state index is 0.172. The molecule has 5 heteroatoms. The summed E-state index contributed by atoms with van der Waals surface area (Å²) in [7, 11) is 0. The normalized spacial score (nSPS) is 12.0. The molecule has 0 spiro atoms. The van der Waals surface area contributed by atoms with Crippen molar-refractivity contribution in [1.82, 2.24) is 15.0 Å². The Hall–Kier alpha value is -6.72. The van der Waals surface area contributed by atoms with Crippen LogP contribution in [0.25, 0.3) is 82.4 Å². The van der Waals surface area contributed by atoms with Crippen LogP contribution in [0.5, 0.6) is 0 Å². The summed E-state index contributed by atoms with van der Waals surface area (Å²) in [4.78, 5) is 14.1. The first-order valence-corrected chi connectivity index (χ1v) is 16.6. The van der Waals surface area contributed by atoms with E-state index in [1.165, 1.54) is 32.3 Å². The Morgan fingerprint density at radius 1 is 0.580 bits per heavy atom. The van der Waals surface area contributed by atoms with Crippen LogP contribution in [0.4, 0.5) is 0 Å². The largest absolute Gasteiger partial charge is 0.396 e. The van der Waals surface area contributed by atoms with E-state index in [0.29, 0.717) is 17.3 Å². The second-order valence-electron chi connectivity index (χ2n) is 12.2. The summed E-state index contributed by atoms with van der Waals surface area (Å²) >= 11 is 0. The number of aromatic nitrogens is 3. The molecule has 0 aliphatic rings. The lowest BCUT2D eigenvalue weighted by molar-refractivity contribution is 1.000. The van der Waals surface area contributed by atoms with Gasteiger partial charge in [0.15, 0.2) is 17.5 Å². The molecule has 238 valence electrons. The lowest BCUT2D eigenvalue weighted by Crippen LogP contribution is -2.12. The Kier molecular flexibility index (Phi) is 7.78. The van der Waals surface area contributed by atoms with Gasteiger partial charge in [-0.25, -0.2) is 15.0 Å². The molecule has 1 heterocycles. The van der Waals surface area contributed by atoms with E-state index in [1.54, 1.807) is 24.3 Å². The van der Waals surface area contributed by atoms with Crippen molar-refractivity contribution in [2.75, 3.05) is 0 Å². The topological polar surface area (TPSA) is 88.5 Å². The van der Waals surface area contributed by atoms with E-state index in [-0.39, 0.29) is 11.5 Å². The predicted molar refractivity (Wildman–Crippen MR) is 210 cm³/mol. The van der Waals surface area contributed by atoms with Crippen LogP contribution in [0, 0.1) is 5.41 Å². The van der Waals surface area contributed by atoms with Gasteiger partial charge in [0.2, 0.25) is 0 Å². The van der Waals surface area contributed by atoms with Crippen LogP contribution in [0.2, 0.25) is 0 Å². The highest BCUT2D eigenvalue weighted by Crippen LogP contribution is 2.42. The van der Waals surface area contributed by atoms with Gasteiger partial charge in [0, 0.05) is 5.56 Å². The maximum absolute atomic E-state index is 8.60. The number of benzene rings is 7. The van der Waals surface area contributed by atoms with E-state index in [4.69, 9.17) is 21.1 Å². The van der Waals surface area contributed by atoms with Crippen molar-refractivity contribution in [3.63, 3.8) is 0 Å². The zero-order valence-electron chi connectivity index (χ0n) is 27.6. The minimum absolute atomic E-state index is 0.172. The smallest absolute Gasteiger partial charge is 0.181 e. The van der Waals surface area contributed by atoms with Crippen molar-refractivity contribution >= 4 is 54.5 Å². The number of rotatable bonds is 7. The van der Waals surface area contributed by atoms with Gasteiger partial charge in [-0.15, -0.1) is 0 Å². The summed E-state index contributed by atoms with van der Waals surface area (Å²) in [6, 6.07) is 45.3. The first kappa shape index (κ1) is 30.6. The van der Waals surface area contributed by atoms with Gasteiger partial charge in [0.25, 0.3) is 0 Å². The van der Waals surface area contributed by atoms with Gasteiger partial charge in [-0.2, -0.15) is 0 Å². The van der Waals surface area contributed by atoms with Gasteiger partial charge >= 0.3 is 0 Å². The molecule has 7 aromatic carbocycles. The van der Waals surface area contributed by atoms with Crippen LogP contribution in [-0.4, -0.2) is 20.7 Å². The van der Waals surface area contributed by atoms with Crippen LogP contribution in [0.15, 0.2) is 158 Å². The molecule has 0 unspecified atom stereocenters. The molecule has 0 saturated carbocycles. The molecule has 0 atom stereocenters. The fourth-order valence-corrected chi connectivity index (χ4v) is 6.89. The van der Waals surface area contributed by atoms with Crippen LogP contribution in [-0.2, 0) is 0 Å². The minimum Gasteiger partial charge on any atom is -0.396 e. The Morgan fingerprint density at radius 3 is 1.88 bits per heavy atom. The third kappa shape index (κ3) is 5.31. The highest BCUT2D eigenvalue weighted by atomic mass is 15.1. The molecule has 8 rings (SSSR count). The van der Waals surface area contributed by atoms with Crippen molar-refractivity contribution in [3.8, 4) is 33.6 Å². The summed E-state index contributed by atoms with van der Waals surface area (Å²) in [5.74, 6) is 0.972. The van der Waals surface area contributed by atoms with Gasteiger partial charge in [0.1, 0.15) is 0 Å². The van der Waals surface area contributed by atoms with E-state index in [1.807, 2.05) is 13.0 Å². The lowest BCUT2D eigenvalue weighted by atomic mass is 9.87. The maximum Gasteiger partial charge on any atom is 0.181 e. The van der Waals surface area contributed by atoms with E-state index in [0.717, 1.165) is 38.6 Å². The molecule has 1 aromatic heterocycles. The number of nitrogens with zero attached hydrogens (tertiary/aromatic N) is 3. The zero-order valence-corrected chi connectivity index (χ0v) is 27.6. The van der Waals surface area contributed by atoms with Crippen molar-refractivity contribution in [1.29, 1.82) is 5.41 Å². The van der Waals surface area contributed by atoms with E-state index in [9.17, 15) is 0 Å². The standard InChI is InChI=1S/C45H33N5/c1-3-12-41(46)44-48-43(49-45(50-44)42(47)13-4-2)30-23-24-32(39(27-30)33-21-11-15-28-14-5-6-16-31(28)33)29-22-25-38-36-19-8-7-17-34(36)35-18-9-10-20-37(35)40(38)26-29/h3-27,47H,1,46H2,2H3/b13-4-,41-12-,47-42?. The van der Waals surface area contributed by atoms with Gasteiger partial charge in [-0.1, -0.05) is 134 Å². The Bertz CT molecular complexity index is 2680. The Morgan fingerprint density at radius 2 is 1.18 bits per heavy atom. The second-order valence-corrected chi connectivity index (χ2v) is 12.2. The number of nitrogens with two attached hydrogens (primary N) is 1. The lowest BCUT2D eigenvalue weighted by Gasteiger charge is -2.17.